The zero-order valence-corrected chi connectivity index (χ0v) is 19.3. The molecule has 8 atom stereocenters. The first kappa shape index (κ1) is 23.3. The van der Waals surface area contributed by atoms with Crippen LogP contribution in [0.3, 0.4) is 0 Å². The lowest BCUT2D eigenvalue weighted by Gasteiger charge is -2.56. The van der Waals surface area contributed by atoms with Crippen molar-refractivity contribution in [1.82, 2.24) is 0 Å². The summed E-state index contributed by atoms with van der Waals surface area (Å²) in [5.74, 6) is 4.93. The molecule has 0 heterocycles. The molecule has 0 aromatic rings. The Balaban J connectivity index is 0.000000614. The molecule has 0 bridgehead atoms. The van der Waals surface area contributed by atoms with E-state index in [9.17, 15) is 14.3 Å². The number of alkyl halides is 2. The molecular formula is C23H40BrFO2. The van der Waals surface area contributed by atoms with Crippen LogP contribution < -0.4 is 0 Å². The van der Waals surface area contributed by atoms with Gasteiger partial charge in [-0.05, 0) is 92.8 Å². The number of carbonyl (C=O) groups is 1. The number of hydrogen-bond donors (Lipinski definition) is 1. The molecule has 1 N–H and O–H groups in total. The van der Waals surface area contributed by atoms with Crippen LogP contribution in [-0.2, 0) is 4.79 Å². The minimum absolute atomic E-state index is 0.0333. The summed E-state index contributed by atoms with van der Waals surface area (Å²) in [5, 5.41) is 10.6. The van der Waals surface area contributed by atoms with Gasteiger partial charge < -0.3 is 5.11 Å². The third-order valence-corrected chi connectivity index (χ3v) is 9.00. The summed E-state index contributed by atoms with van der Waals surface area (Å²) in [6, 6.07) is 0. The van der Waals surface area contributed by atoms with E-state index in [0.29, 0.717) is 24.2 Å². The van der Waals surface area contributed by atoms with Gasteiger partial charge in [0.15, 0.2) is 0 Å². The van der Waals surface area contributed by atoms with Gasteiger partial charge in [0.25, 0.3) is 0 Å². The fraction of sp³-hybridized carbons (Fsp3) is 0.957. The molecule has 27 heavy (non-hydrogen) atoms. The van der Waals surface area contributed by atoms with Crippen molar-refractivity contribution in [3.63, 3.8) is 0 Å². The van der Waals surface area contributed by atoms with Crippen LogP contribution in [0.4, 0.5) is 4.39 Å². The van der Waals surface area contributed by atoms with Gasteiger partial charge in [0.2, 0.25) is 0 Å². The van der Waals surface area contributed by atoms with Crippen molar-refractivity contribution in [3.05, 3.63) is 0 Å². The van der Waals surface area contributed by atoms with Crippen molar-refractivity contribution in [3.8, 4) is 0 Å². The van der Waals surface area contributed by atoms with Crippen LogP contribution in [0.25, 0.3) is 0 Å². The number of hydrogen-bond acceptors (Lipinski definition) is 2. The number of carbonyl (C=O) groups excluding carboxylic acids is 1. The third-order valence-electron chi connectivity index (χ3n) is 8.45. The van der Waals surface area contributed by atoms with Gasteiger partial charge in [0.05, 0.1) is 18.6 Å². The van der Waals surface area contributed by atoms with Crippen molar-refractivity contribution >= 4 is 21.7 Å². The van der Waals surface area contributed by atoms with Crippen LogP contribution in [0.1, 0.15) is 78.6 Å². The van der Waals surface area contributed by atoms with E-state index < -0.39 is 0 Å². The quantitative estimate of drug-likeness (QED) is 0.513. The molecule has 4 rings (SSSR count). The Bertz CT molecular complexity index is 485. The maximum Gasteiger partial charge on any atom is 0.147 e. The highest BCUT2D eigenvalue weighted by atomic mass is 79.9. The maximum atomic E-state index is 12.4. The number of aliphatic hydroxyl groups excluding tert-OH is 1. The normalized spacial score (nSPS) is 45.1. The number of rotatable bonds is 2. The van der Waals surface area contributed by atoms with Crippen molar-refractivity contribution in [2.24, 2.45) is 40.9 Å². The number of fused-ring (bicyclic) bond motifs is 5. The summed E-state index contributed by atoms with van der Waals surface area (Å²) >= 11 is 3.41. The second-order valence-corrected chi connectivity index (χ2v) is 9.74. The van der Waals surface area contributed by atoms with Gasteiger partial charge in [-0.2, -0.15) is 0 Å². The lowest BCUT2D eigenvalue weighted by Crippen LogP contribution is -2.49. The van der Waals surface area contributed by atoms with E-state index >= 15 is 0 Å². The zero-order chi connectivity index (χ0) is 20.2. The molecule has 4 aliphatic rings. The second-order valence-electron chi connectivity index (χ2n) is 9.18. The van der Waals surface area contributed by atoms with Gasteiger partial charge in [0, 0.05) is 5.92 Å². The van der Waals surface area contributed by atoms with Gasteiger partial charge in [-0.1, -0.05) is 36.7 Å². The fourth-order valence-electron chi connectivity index (χ4n) is 7.45. The van der Waals surface area contributed by atoms with E-state index in [-0.39, 0.29) is 11.5 Å². The predicted molar refractivity (Wildman–Crippen MR) is 114 cm³/mol. The monoisotopic (exact) mass is 446 g/mol. The minimum Gasteiger partial charge on any atom is -0.393 e. The zero-order valence-electron chi connectivity index (χ0n) is 17.7. The summed E-state index contributed by atoms with van der Waals surface area (Å²) in [5.41, 5.74) is 0.271. The molecule has 0 amide bonds. The van der Waals surface area contributed by atoms with Crippen molar-refractivity contribution < 1.29 is 14.3 Å². The SMILES string of the molecule is CC.CC12CCC3C4CCC(O)CC4CCC3C1CCC2C(=O)CBr.CF. The highest BCUT2D eigenvalue weighted by Gasteiger charge is 2.58. The molecule has 0 aromatic carbocycles. The van der Waals surface area contributed by atoms with Crippen LogP contribution >= 0.6 is 15.9 Å². The van der Waals surface area contributed by atoms with Crippen molar-refractivity contribution in [1.29, 1.82) is 0 Å². The fourth-order valence-corrected chi connectivity index (χ4v) is 7.84. The van der Waals surface area contributed by atoms with E-state index in [1.54, 1.807) is 0 Å². The van der Waals surface area contributed by atoms with E-state index in [1.165, 1.54) is 38.5 Å². The Morgan fingerprint density at radius 3 is 2.33 bits per heavy atom. The summed E-state index contributed by atoms with van der Waals surface area (Å²) < 4.78 is 9.50. The molecular weight excluding hydrogens is 407 g/mol. The number of halogens is 2. The first-order valence-electron chi connectivity index (χ1n) is 11.2. The smallest absolute Gasteiger partial charge is 0.147 e. The molecule has 0 aromatic heterocycles. The van der Waals surface area contributed by atoms with Crippen molar-refractivity contribution in [2.45, 2.75) is 84.7 Å². The second kappa shape index (κ2) is 10.2. The lowest BCUT2D eigenvalue weighted by molar-refractivity contribution is -0.128. The molecule has 0 aliphatic heterocycles. The maximum absolute atomic E-state index is 12.4. The standard InChI is InChI=1S/C20H31BrO2.C2H6.CH3F/c1-20-9-8-15-14-5-3-13(22)10-12(14)2-4-16(15)17(20)6-7-18(20)19(23)11-21;2*1-2/h12-18,22H,2-11H2,1H3;1-2H3;1H3. The Morgan fingerprint density at radius 1 is 1.00 bits per heavy atom. The third kappa shape index (κ3) is 4.32. The molecule has 4 aliphatic carbocycles. The minimum atomic E-state index is -0.0333. The summed E-state index contributed by atoms with van der Waals surface area (Å²) in [6.45, 7) is 6.43. The van der Waals surface area contributed by atoms with Crippen LogP contribution in [-0.4, -0.2) is 29.5 Å². The average Bonchev–Trinajstić information content (AvgIpc) is 3.07. The first-order valence-corrected chi connectivity index (χ1v) is 12.3. The molecule has 158 valence electrons. The average molecular weight is 447 g/mol. The van der Waals surface area contributed by atoms with E-state index in [2.05, 4.69) is 22.9 Å². The highest BCUT2D eigenvalue weighted by molar-refractivity contribution is 9.09. The van der Waals surface area contributed by atoms with Crippen LogP contribution in [0.2, 0.25) is 0 Å². The molecule has 0 saturated heterocycles. The van der Waals surface area contributed by atoms with Gasteiger partial charge in [-0.3, -0.25) is 9.18 Å². The van der Waals surface area contributed by atoms with Gasteiger partial charge in [-0.15, -0.1) is 0 Å². The molecule has 4 saturated carbocycles. The van der Waals surface area contributed by atoms with Crippen molar-refractivity contribution in [2.75, 3.05) is 12.5 Å². The topological polar surface area (TPSA) is 37.3 Å². The van der Waals surface area contributed by atoms with Gasteiger partial charge >= 0.3 is 0 Å². The first-order chi connectivity index (χ1) is 13.0. The molecule has 4 fully saturated rings. The Hall–Kier alpha value is 0.0400. The Kier molecular flexibility index (Phi) is 8.80. The van der Waals surface area contributed by atoms with E-state index in [4.69, 9.17) is 0 Å². The van der Waals surface area contributed by atoms with Gasteiger partial charge in [0.1, 0.15) is 5.78 Å². The molecule has 0 spiro atoms. The Labute approximate surface area is 174 Å². The van der Waals surface area contributed by atoms with Crippen LogP contribution in [0.15, 0.2) is 0 Å². The number of Topliss-reactive ketones (excluding diaryl/α,β-unsaturated/α-hetero) is 1. The van der Waals surface area contributed by atoms with Gasteiger partial charge in [-0.25, -0.2) is 0 Å². The van der Waals surface area contributed by atoms with E-state index in [0.717, 1.165) is 48.9 Å². The number of ketones is 1. The summed E-state index contributed by atoms with van der Waals surface area (Å²) in [7, 11) is 0.500. The number of aliphatic hydroxyl groups is 1. The van der Waals surface area contributed by atoms with E-state index in [1.807, 2.05) is 13.8 Å². The largest absolute Gasteiger partial charge is 0.393 e. The Morgan fingerprint density at radius 2 is 1.67 bits per heavy atom. The van der Waals surface area contributed by atoms with Crippen LogP contribution in [0.5, 0.6) is 0 Å². The highest BCUT2D eigenvalue weighted by Crippen LogP contribution is 2.64. The summed E-state index contributed by atoms with van der Waals surface area (Å²) in [6.07, 6.45) is 11.0. The summed E-state index contributed by atoms with van der Waals surface area (Å²) in [4.78, 5) is 12.4. The van der Waals surface area contributed by atoms with Crippen LogP contribution in [0, 0.1) is 40.9 Å². The molecule has 4 heteroatoms. The predicted octanol–water partition coefficient (Wildman–Crippen LogP) is 6.19. The molecule has 8 unspecified atom stereocenters. The lowest BCUT2D eigenvalue weighted by atomic mass is 9.49. The molecule has 2 nitrogen and oxygen atoms in total. The molecule has 0 radical (unpaired) electrons.